The van der Waals surface area contributed by atoms with Gasteiger partial charge in [-0.2, -0.15) is 5.10 Å². The fraction of sp³-hybridized carbons (Fsp3) is 0.333. The molecule has 174 valence electrons. The summed E-state index contributed by atoms with van der Waals surface area (Å²) in [4.78, 5) is 28.5. The summed E-state index contributed by atoms with van der Waals surface area (Å²) in [5.41, 5.74) is 14.3. The molecule has 1 fully saturated rings. The molecule has 5 N–H and O–H groups in total. The van der Waals surface area contributed by atoms with Crippen LogP contribution >= 0.6 is 0 Å². The number of hydrogen-bond acceptors (Lipinski definition) is 7. The van der Waals surface area contributed by atoms with Gasteiger partial charge in [-0.3, -0.25) is 20.4 Å². The maximum Gasteiger partial charge on any atom is 0.254 e. The van der Waals surface area contributed by atoms with E-state index in [1.807, 2.05) is 13.8 Å². The Labute approximate surface area is 190 Å². The van der Waals surface area contributed by atoms with E-state index in [4.69, 9.17) is 5.73 Å². The van der Waals surface area contributed by atoms with Gasteiger partial charge in [0.25, 0.3) is 5.91 Å². The third-order valence-electron chi connectivity index (χ3n) is 5.49. The van der Waals surface area contributed by atoms with Crippen molar-refractivity contribution in [2.24, 2.45) is 5.73 Å². The van der Waals surface area contributed by atoms with Crippen molar-refractivity contribution in [3.8, 4) is 0 Å². The Balaban J connectivity index is 1.35. The van der Waals surface area contributed by atoms with Crippen LogP contribution in [0.4, 0.5) is 5.69 Å². The maximum atomic E-state index is 12.3. The summed E-state index contributed by atoms with van der Waals surface area (Å²) in [5, 5.41) is 4.18. The number of amides is 2. The predicted molar refractivity (Wildman–Crippen MR) is 121 cm³/mol. The fourth-order valence-electron chi connectivity index (χ4n) is 3.50. The Bertz CT molecular complexity index is 1330. The van der Waals surface area contributed by atoms with Gasteiger partial charge in [0.05, 0.1) is 16.8 Å². The number of nitrogens with zero attached hydrogens (tertiary/aromatic N) is 3. The van der Waals surface area contributed by atoms with Crippen LogP contribution in [0.25, 0.3) is 5.65 Å². The standard InChI is InChI=1S/C21H25N7O4S/c1-12-17(13(2)28-21(24-12)18(11-23-28)20(22)30)9-10-19(29)26-25-14-5-7-16(8-6-14)33(31,32)27-15-3-4-15/h5-8,11,15,25,27H,3-4,9-10H2,1-2H3,(H2,22,30)(H,26,29). The van der Waals surface area contributed by atoms with Crippen LogP contribution in [0.15, 0.2) is 35.4 Å². The molecule has 0 saturated heterocycles. The smallest absolute Gasteiger partial charge is 0.254 e. The van der Waals surface area contributed by atoms with Gasteiger partial charge in [0.1, 0.15) is 5.56 Å². The molecule has 33 heavy (non-hydrogen) atoms. The zero-order chi connectivity index (χ0) is 23.8. The molecule has 4 rings (SSSR count). The van der Waals surface area contributed by atoms with Crippen molar-refractivity contribution in [2.75, 3.05) is 5.43 Å². The first-order chi connectivity index (χ1) is 15.7. The van der Waals surface area contributed by atoms with Gasteiger partial charge in [-0.1, -0.05) is 0 Å². The zero-order valence-electron chi connectivity index (χ0n) is 18.3. The Morgan fingerprint density at radius 3 is 2.52 bits per heavy atom. The van der Waals surface area contributed by atoms with Crippen LogP contribution in [0.2, 0.25) is 0 Å². The summed E-state index contributed by atoms with van der Waals surface area (Å²) in [7, 11) is -3.52. The average Bonchev–Trinajstić information content (AvgIpc) is 3.46. The molecular weight excluding hydrogens is 446 g/mol. The molecule has 0 unspecified atom stereocenters. The monoisotopic (exact) mass is 471 g/mol. The lowest BCUT2D eigenvalue weighted by atomic mass is 10.1. The topological polar surface area (TPSA) is 161 Å². The number of nitrogens with one attached hydrogen (secondary N) is 3. The number of nitrogens with two attached hydrogens (primary N) is 1. The number of anilines is 1. The minimum atomic E-state index is -3.52. The van der Waals surface area contributed by atoms with E-state index >= 15 is 0 Å². The molecule has 0 spiro atoms. The highest BCUT2D eigenvalue weighted by atomic mass is 32.2. The number of aromatic nitrogens is 3. The summed E-state index contributed by atoms with van der Waals surface area (Å²) in [6.45, 7) is 3.66. The molecule has 3 aromatic rings. The molecule has 2 heterocycles. The lowest BCUT2D eigenvalue weighted by Crippen LogP contribution is -2.30. The van der Waals surface area contributed by atoms with Gasteiger partial charge in [-0.25, -0.2) is 22.6 Å². The number of hydrazine groups is 1. The van der Waals surface area contributed by atoms with Crippen molar-refractivity contribution >= 4 is 33.2 Å². The number of benzene rings is 1. The number of hydrogen-bond donors (Lipinski definition) is 4. The first-order valence-electron chi connectivity index (χ1n) is 10.5. The highest BCUT2D eigenvalue weighted by Gasteiger charge is 2.27. The fourth-order valence-corrected chi connectivity index (χ4v) is 4.80. The molecule has 0 atom stereocenters. The predicted octanol–water partition coefficient (Wildman–Crippen LogP) is 0.962. The van der Waals surface area contributed by atoms with Crippen molar-refractivity contribution in [3.63, 3.8) is 0 Å². The number of aryl methyl sites for hydroxylation is 2. The Morgan fingerprint density at radius 1 is 1.18 bits per heavy atom. The molecule has 0 radical (unpaired) electrons. The van der Waals surface area contributed by atoms with Crippen LogP contribution in [0, 0.1) is 13.8 Å². The number of primary amides is 1. The van der Waals surface area contributed by atoms with Crippen LogP contribution in [-0.4, -0.2) is 40.9 Å². The Hall–Kier alpha value is -3.51. The van der Waals surface area contributed by atoms with E-state index < -0.39 is 15.9 Å². The molecule has 0 aliphatic heterocycles. The van der Waals surface area contributed by atoms with Crippen LogP contribution in [0.3, 0.4) is 0 Å². The maximum absolute atomic E-state index is 12.3. The summed E-state index contributed by atoms with van der Waals surface area (Å²) in [5.74, 6) is -0.849. The van der Waals surface area contributed by atoms with E-state index in [0.717, 1.165) is 24.1 Å². The number of carbonyl (C=O) groups is 2. The van der Waals surface area contributed by atoms with Gasteiger partial charge in [0.2, 0.25) is 15.9 Å². The molecule has 12 heteroatoms. The van der Waals surface area contributed by atoms with Crippen LogP contribution in [0.5, 0.6) is 0 Å². The second-order valence-corrected chi connectivity index (χ2v) is 9.73. The van der Waals surface area contributed by atoms with Crippen LogP contribution in [0.1, 0.15) is 46.6 Å². The largest absolute Gasteiger partial charge is 0.365 e. The van der Waals surface area contributed by atoms with Crippen molar-refractivity contribution in [1.82, 2.24) is 24.7 Å². The molecule has 1 aliphatic carbocycles. The first-order valence-corrected chi connectivity index (χ1v) is 11.9. The van der Waals surface area contributed by atoms with Crippen molar-refractivity contribution in [2.45, 2.75) is 50.5 Å². The van der Waals surface area contributed by atoms with E-state index in [9.17, 15) is 18.0 Å². The molecular formula is C21H25N7O4S. The summed E-state index contributed by atoms with van der Waals surface area (Å²) in [6.07, 6.45) is 3.72. The molecule has 2 amide bonds. The van der Waals surface area contributed by atoms with Crippen molar-refractivity contribution in [1.29, 1.82) is 0 Å². The number of fused-ring (bicyclic) bond motifs is 1. The van der Waals surface area contributed by atoms with Crippen molar-refractivity contribution < 1.29 is 18.0 Å². The first kappa shape index (κ1) is 22.7. The second-order valence-electron chi connectivity index (χ2n) is 8.01. The Morgan fingerprint density at radius 2 is 1.88 bits per heavy atom. The minimum Gasteiger partial charge on any atom is -0.365 e. The Kier molecular flexibility index (Phi) is 6.04. The second kappa shape index (κ2) is 8.79. The molecule has 1 aliphatic rings. The molecule has 11 nitrogen and oxygen atoms in total. The number of carbonyl (C=O) groups excluding carboxylic acids is 2. The van der Waals surface area contributed by atoms with Crippen LogP contribution < -0.4 is 21.3 Å². The van der Waals surface area contributed by atoms with Gasteiger partial charge >= 0.3 is 0 Å². The third-order valence-corrected chi connectivity index (χ3v) is 7.02. The van der Waals surface area contributed by atoms with E-state index in [0.29, 0.717) is 23.4 Å². The molecule has 1 aromatic carbocycles. The number of sulfonamides is 1. The molecule has 1 saturated carbocycles. The average molecular weight is 472 g/mol. The van der Waals surface area contributed by atoms with Gasteiger partial charge in [-0.05, 0) is 62.9 Å². The summed E-state index contributed by atoms with van der Waals surface area (Å²) in [6, 6.07) is 6.17. The van der Waals surface area contributed by atoms with Gasteiger partial charge in [-0.15, -0.1) is 0 Å². The molecule has 0 bridgehead atoms. The van der Waals surface area contributed by atoms with Gasteiger partial charge in [0, 0.05) is 23.9 Å². The summed E-state index contributed by atoms with van der Waals surface area (Å²) < 4.78 is 28.6. The van der Waals surface area contributed by atoms with E-state index in [2.05, 4.69) is 25.7 Å². The van der Waals surface area contributed by atoms with Gasteiger partial charge in [0.15, 0.2) is 5.65 Å². The zero-order valence-corrected chi connectivity index (χ0v) is 19.1. The number of rotatable bonds is 9. The lowest BCUT2D eigenvalue weighted by molar-refractivity contribution is -0.120. The normalized spacial score (nSPS) is 13.8. The summed E-state index contributed by atoms with van der Waals surface area (Å²) >= 11 is 0. The SMILES string of the molecule is Cc1nc2c(C(N)=O)cnn2c(C)c1CCC(=O)NNc1ccc(S(=O)(=O)NC2CC2)cc1. The highest BCUT2D eigenvalue weighted by molar-refractivity contribution is 7.89. The van der Waals surface area contributed by atoms with E-state index in [1.54, 1.807) is 16.6 Å². The molecule has 2 aromatic heterocycles. The lowest BCUT2D eigenvalue weighted by Gasteiger charge is -2.12. The van der Waals surface area contributed by atoms with Crippen molar-refractivity contribution in [3.05, 3.63) is 53.0 Å². The van der Waals surface area contributed by atoms with Gasteiger partial charge < -0.3 is 5.73 Å². The third kappa shape index (κ3) is 4.96. The van der Waals surface area contributed by atoms with E-state index in [-0.39, 0.29) is 28.8 Å². The van der Waals surface area contributed by atoms with Crippen LogP contribution in [-0.2, 0) is 21.2 Å². The minimum absolute atomic E-state index is 0.0359. The highest BCUT2D eigenvalue weighted by Crippen LogP contribution is 2.23. The van der Waals surface area contributed by atoms with E-state index in [1.165, 1.54) is 18.3 Å². The quantitative estimate of drug-likeness (QED) is 0.338.